The third-order valence-corrected chi connectivity index (χ3v) is 11.9. The van der Waals surface area contributed by atoms with E-state index in [1.165, 1.54) is 22.3 Å². The molecule has 5 atom stereocenters. The fourth-order valence-electron chi connectivity index (χ4n) is 8.35. The molecule has 1 aliphatic rings. The molecule has 0 aliphatic carbocycles. The summed E-state index contributed by atoms with van der Waals surface area (Å²) in [5, 5.41) is 11.8. The van der Waals surface area contributed by atoms with Gasteiger partial charge in [0, 0.05) is 25.0 Å². The highest BCUT2D eigenvalue weighted by Crippen LogP contribution is 2.42. The Kier molecular flexibility index (Phi) is 16.9. The topological polar surface area (TPSA) is 80.7 Å². The minimum absolute atomic E-state index is 0.211. The van der Waals surface area contributed by atoms with Gasteiger partial charge in [0.1, 0.15) is 30.5 Å². The van der Waals surface area contributed by atoms with Crippen molar-refractivity contribution in [2.75, 3.05) is 27.2 Å². The third-order valence-electron chi connectivity index (χ3n) is 11.9. The number of hydrogen-bond donors (Lipinski definition) is 1. The number of carbonyl (C=O) groups is 1. The van der Waals surface area contributed by atoms with Crippen molar-refractivity contribution in [2.24, 2.45) is 0 Å². The van der Waals surface area contributed by atoms with Crippen LogP contribution in [0, 0.1) is 6.92 Å². The number of benzene rings is 5. The van der Waals surface area contributed by atoms with Crippen LogP contribution in [-0.4, -0.2) is 83.6 Å². The molecule has 1 fully saturated rings. The van der Waals surface area contributed by atoms with Gasteiger partial charge in [0.15, 0.2) is 0 Å². The Morgan fingerprint density at radius 3 is 1.65 bits per heavy atom. The summed E-state index contributed by atoms with van der Waals surface area (Å²) in [6.45, 7) is 14.6. The van der Waals surface area contributed by atoms with Crippen molar-refractivity contribution in [3.05, 3.63) is 178 Å². The number of carbonyl (C=O) groups excluding carboxylic acids is 1. The van der Waals surface area contributed by atoms with E-state index in [0.29, 0.717) is 26.2 Å². The van der Waals surface area contributed by atoms with E-state index in [2.05, 4.69) is 99.3 Å². The molecule has 5 aromatic rings. The van der Waals surface area contributed by atoms with Gasteiger partial charge in [-0.15, -0.1) is 0 Å². The van der Waals surface area contributed by atoms with Gasteiger partial charge in [0.25, 0.3) is 0 Å². The van der Waals surface area contributed by atoms with Gasteiger partial charge in [0.2, 0.25) is 5.91 Å². The number of amides is 1. The first kappa shape index (κ1) is 47.8. The zero-order chi connectivity index (χ0) is 45.0. The Morgan fingerprint density at radius 1 is 0.635 bits per heavy atom. The van der Waals surface area contributed by atoms with E-state index in [-0.39, 0.29) is 11.4 Å². The van der Waals surface area contributed by atoms with Gasteiger partial charge < -0.3 is 33.9 Å². The van der Waals surface area contributed by atoms with Crippen LogP contribution in [0.5, 0.6) is 0 Å². The molecule has 1 saturated heterocycles. The third kappa shape index (κ3) is 13.9. The predicted octanol–water partition coefficient (Wildman–Crippen LogP) is 10.1. The van der Waals surface area contributed by atoms with Crippen LogP contribution in [0.25, 0.3) is 0 Å². The first-order valence-corrected chi connectivity index (χ1v) is 22.6. The van der Waals surface area contributed by atoms with Crippen molar-refractivity contribution in [2.45, 2.75) is 129 Å². The molecular weight excluding hydrogens is 785 g/mol. The maximum Gasteiger partial charge on any atom is 0.223 e. The van der Waals surface area contributed by atoms with E-state index < -0.39 is 36.1 Å². The van der Waals surface area contributed by atoms with Crippen LogP contribution in [0.1, 0.15) is 98.1 Å². The summed E-state index contributed by atoms with van der Waals surface area (Å²) in [5.74, 6) is 0.212. The lowest BCUT2D eigenvalue weighted by Crippen LogP contribution is -2.62. The lowest BCUT2D eigenvalue weighted by molar-refractivity contribution is -0.294. The maximum absolute atomic E-state index is 13.3. The summed E-state index contributed by atoms with van der Waals surface area (Å²) in [7, 11) is 4.09. The molecule has 0 bridgehead atoms. The first-order chi connectivity index (χ1) is 30.2. The second-order valence-electron chi connectivity index (χ2n) is 19.0. The van der Waals surface area contributed by atoms with E-state index in [1.54, 1.807) is 13.8 Å². The number of aryl methyl sites for hydroxylation is 2. The van der Waals surface area contributed by atoms with Crippen molar-refractivity contribution >= 4 is 5.91 Å². The van der Waals surface area contributed by atoms with Gasteiger partial charge in [-0.25, -0.2) is 0 Å². The smallest absolute Gasteiger partial charge is 0.223 e. The molecule has 0 saturated carbocycles. The van der Waals surface area contributed by atoms with Gasteiger partial charge in [-0.1, -0.05) is 133 Å². The van der Waals surface area contributed by atoms with Crippen LogP contribution in [0.2, 0.25) is 0 Å². The Balaban J connectivity index is 1.25. The number of nitrogens with zero attached hydrogens (tertiary/aromatic N) is 2. The molecule has 0 aromatic heterocycles. The van der Waals surface area contributed by atoms with Gasteiger partial charge >= 0.3 is 0 Å². The molecule has 63 heavy (non-hydrogen) atoms. The summed E-state index contributed by atoms with van der Waals surface area (Å²) < 4.78 is 27.7. The average Bonchev–Trinajstić information content (AvgIpc) is 3.25. The minimum Gasteiger partial charge on any atom is -0.388 e. The summed E-state index contributed by atoms with van der Waals surface area (Å²) in [4.78, 5) is 17.4. The number of ether oxygens (including phenoxy) is 4. The molecule has 0 spiro atoms. The second kappa shape index (κ2) is 22.3. The lowest BCUT2D eigenvalue weighted by atomic mass is 9.83. The van der Waals surface area contributed by atoms with E-state index in [9.17, 15) is 9.90 Å². The van der Waals surface area contributed by atoms with Crippen molar-refractivity contribution in [3.63, 3.8) is 0 Å². The van der Waals surface area contributed by atoms with Crippen LogP contribution < -0.4 is 0 Å². The average molecular weight is 855 g/mol. The summed E-state index contributed by atoms with van der Waals surface area (Å²) in [6.07, 6.45) is -0.247. The highest BCUT2D eigenvalue weighted by molar-refractivity contribution is 5.77. The number of hydrogen-bond acceptors (Lipinski definition) is 7. The monoisotopic (exact) mass is 855 g/mol. The maximum atomic E-state index is 13.3. The molecule has 8 nitrogen and oxygen atoms in total. The summed E-state index contributed by atoms with van der Waals surface area (Å²) in [6, 6.07) is 45.7. The van der Waals surface area contributed by atoms with Gasteiger partial charge in [-0.3, -0.25) is 4.79 Å². The van der Waals surface area contributed by atoms with Gasteiger partial charge in [0.05, 0.1) is 25.4 Å². The highest BCUT2D eigenvalue weighted by atomic mass is 16.6. The lowest BCUT2D eigenvalue weighted by Gasteiger charge is -2.49. The first-order valence-electron chi connectivity index (χ1n) is 22.6. The quantitative estimate of drug-likeness (QED) is 0.0835. The van der Waals surface area contributed by atoms with Crippen molar-refractivity contribution in [3.8, 4) is 0 Å². The van der Waals surface area contributed by atoms with Crippen LogP contribution in [0.3, 0.4) is 0 Å². The van der Waals surface area contributed by atoms with Crippen LogP contribution in [0.15, 0.2) is 133 Å². The zero-order valence-corrected chi connectivity index (χ0v) is 38.8. The minimum atomic E-state index is -1.28. The molecule has 8 heteroatoms. The summed E-state index contributed by atoms with van der Waals surface area (Å²) in [5.41, 5.74) is 7.33. The molecule has 5 aromatic carbocycles. The summed E-state index contributed by atoms with van der Waals surface area (Å²) >= 11 is 0. The van der Waals surface area contributed by atoms with Gasteiger partial charge in [-0.2, -0.15) is 0 Å². The second-order valence-corrected chi connectivity index (χ2v) is 19.0. The van der Waals surface area contributed by atoms with Crippen molar-refractivity contribution in [1.82, 2.24) is 9.80 Å². The largest absolute Gasteiger partial charge is 0.388 e. The fourth-order valence-corrected chi connectivity index (χ4v) is 8.35. The van der Waals surface area contributed by atoms with E-state index in [0.717, 1.165) is 54.6 Å². The normalized spacial score (nSPS) is 19.3. The molecule has 1 N–H and O–H groups in total. The highest BCUT2D eigenvalue weighted by Gasteiger charge is 2.53. The zero-order valence-electron chi connectivity index (χ0n) is 38.8. The fraction of sp³-hybridized carbons (Fsp3) is 0.436. The van der Waals surface area contributed by atoms with E-state index >= 15 is 0 Å². The number of likely N-dealkylation sites (N-methyl/N-ethyl adjacent to an activating group) is 1. The Hall–Kier alpha value is -4.67. The Bertz CT molecular complexity index is 2130. The number of aliphatic hydroxyl groups is 1. The van der Waals surface area contributed by atoms with E-state index in [1.807, 2.05) is 85.7 Å². The molecule has 1 aliphatic heterocycles. The van der Waals surface area contributed by atoms with Gasteiger partial charge in [-0.05, 0) is 119 Å². The Morgan fingerprint density at radius 2 is 1.14 bits per heavy atom. The molecule has 336 valence electrons. The molecule has 1 heterocycles. The predicted molar refractivity (Wildman–Crippen MR) is 252 cm³/mol. The molecule has 0 radical (unpaired) electrons. The van der Waals surface area contributed by atoms with Crippen LogP contribution in [0.4, 0.5) is 0 Å². The van der Waals surface area contributed by atoms with Crippen LogP contribution >= 0.6 is 0 Å². The van der Waals surface area contributed by atoms with Crippen LogP contribution in [-0.2, 0) is 56.4 Å². The standard InChI is InChI=1S/C55H70N2O6/c1-40-27-32-46(36-47(40)35-42-30-28-41(29-31-42)25-18-26-48(58)57(54(2,3)4)34-33-56(7)8)49-50(60-37-43-19-12-9-13-20-43)51(61-38-44-21-14-10-15-22-44)52(53(63-49)55(5,6)59)62-39-45-23-16-11-17-24-45/h9-17,19-24,27-32,36,49-53,59H,18,25-26,33-35,37-39H2,1-8H3/t49-,50-,51+,52-,53-/m0/s1. The molecule has 1 amide bonds. The Labute approximate surface area is 377 Å². The van der Waals surface area contributed by atoms with E-state index in [4.69, 9.17) is 18.9 Å². The number of rotatable bonds is 20. The van der Waals surface area contributed by atoms with Crippen molar-refractivity contribution < 1.29 is 28.8 Å². The molecule has 6 rings (SSSR count). The molecule has 0 unspecified atom stereocenters. The SMILES string of the molecule is Cc1ccc([C@@H]2O[C@H](C(C)(C)O)[C@@H](OCc3ccccc3)[C@H](OCc3ccccc3)[C@H]2OCc2ccccc2)cc1Cc1ccc(CCCC(=O)N(CCN(C)C)C(C)(C)C)cc1. The molecular formula is C55H70N2O6. The van der Waals surface area contributed by atoms with Crippen molar-refractivity contribution in [1.29, 1.82) is 0 Å².